The highest BCUT2D eigenvalue weighted by atomic mass is 16.5. The number of carbonyl (C=O) groups excluding carboxylic acids is 2. The molecular weight excluding hydrogens is 332 g/mol. The van der Waals surface area contributed by atoms with Crippen LogP contribution in [0.1, 0.15) is 39.0 Å². The molecule has 26 heavy (non-hydrogen) atoms. The number of aromatic nitrogens is 2. The van der Waals surface area contributed by atoms with Crippen LogP contribution in [0.2, 0.25) is 0 Å². The number of benzene rings is 2. The second-order valence-electron chi connectivity index (χ2n) is 5.69. The summed E-state index contributed by atoms with van der Waals surface area (Å²) < 4.78 is 6.32. The van der Waals surface area contributed by atoms with Crippen LogP contribution in [0.15, 0.2) is 59.4 Å². The van der Waals surface area contributed by atoms with Gasteiger partial charge in [0.2, 0.25) is 0 Å². The second-order valence-corrected chi connectivity index (χ2v) is 5.69. The first-order valence-corrected chi connectivity index (χ1v) is 8.22. The van der Waals surface area contributed by atoms with E-state index in [1.807, 2.05) is 6.07 Å². The summed E-state index contributed by atoms with van der Waals surface area (Å²) in [7, 11) is 0. The van der Waals surface area contributed by atoms with Crippen LogP contribution in [0.25, 0.3) is 5.69 Å². The van der Waals surface area contributed by atoms with E-state index in [1.54, 1.807) is 62.4 Å². The summed E-state index contributed by atoms with van der Waals surface area (Å²) in [6.45, 7) is 3.58. The zero-order valence-corrected chi connectivity index (χ0v) is 14.5. The summed E-state index contributed by atoms with van der Waals surface area (Å²) in [5, 5.41) is 0. The molecule has 6 heteroatoms. The predicted molar refractivity (Wildman–Crippen MR) is 97.0 cm³/mol. The van der Waals surface area contributed by atoms with Crippen molar-refractivity contribution >= 4 is 11.8 Å². The van der Waals surface area contributed by atoms with Gasteiger partial charge in [-0.15, -0.1) is 0 Å². The van der Waals surface area contributed by atoms with E-state index in [-0.39, 0.29) is 18.1 Å². The number of aromatic amines is 1. The smallest absolute Gasteiger partial charge is 0.356 e. The fourth-order valence-electron chi connectivity index (χ4n) is 2.75. The normalized spacial score (nSPS) is 10.5. The minimum absolute atomic E-state index is 0.0949. The SMILES string of the molecule is CCOC(=O)c1[nH]c(=O)n(-c2ccc(C(=O)c3ccccc3)cc2)c1C. The van der Waals surface area contributed by atoms with Crippen molar-refractivity contribution in [3.63, 3.8) is 0 Å². The van der Waals surface area contributed by atoms with Crippen molar-refractivity contribution in [2.75, 3.05) is 6.61 Å². The van der Waals surface area contributed by atoms with Crippen LogP contribution in [0, 0.1) is 6.92 Å². The Hall–Kier alpha value is -3.41. The van der Waals surface area contributed by atoms with Crippen LogP contribution in [0.5, 0.6) is 0 Å². The predicted octanol–water partition coefficient (Wildman–Crippen LogP) is 2.88. The summed E-state index contributed by atoms with van der Waals surface area (Å²) in [5.41, 5.74) is 1.82. The molecule has 0 aliphatic carbocycles. The number of nitrogens with one attached hydrogen (secondary N) is 1. The molecule has 0 radical (unpaired) electrons. The molecule has 0 unspecified atom stereocenters. The minimum atomic E-state index is -0.572. The van der Waals surface area contributed by atoms with E-state index in [2.05, 4.69) is 4.98 Å². The third-order valence-corrected chi connectivity index (χ3v) is 4.04. The van der Waals surface area contributed by atoms with Crippen molar-refractivity contribution in [3.05, 3.63) is 87.6 Å². The molecule has 0 amide bonds. The molecule has 6 nitrogen and oxygen atoms in total. The van der Waals surface area contributed by atoms with Gasteiger partial charge in [-0.05, 0) is 38.1 Å². The number of H-pyrrole nitrogens is 1. The molecule has 132 valence electrons. The van der Waals surface area contributed by atoms with Crippen molar-refractivity contribution in [2.45, 2.75) is 13.8 Å². The number of hydrogen-bond acceptors (Lipinski definition) is 4. The Balaban J connectivity index is 1.94. The lowest BCUT2D eigenvalue weighted by Gasteiger charge is -2.07. The van der Waals surface area contributed by atoms with Crippen molar-refractivity contribution in [3.8, 4) is 5.69 Å². The first-order chi connectivity index (χ1) is 12.5. The molecule has 3 aromatic rings. The third-order valence-electron chi connectivity index (χ3n) is 4.04. The highest BCUT2D eigenvalue weighted by molar-refractivity contribution is 6.09. The van der Waals surface area contributed by atoms with Crippen molar-refractivity contribution in [1.29, 1.82) is 0 Å². The maximum absolute atomic E-state index is 12.5. The molecule has 0 aliphatic rings. The second kappa shape index (κ2) is 7.23. The third kappa shape index (κ3) is 3.21. The van der Waals surface area contributed by atoms with E-state index in [9.17, 15) is 14.4 Å². The highest BCUT2D eigenvalue weighted by Gasteiger charge is 2.19. The largest absolute Gasteiger partial charge is 0.461 e. The van der Waals surface area contributed by atoms with Crippen molar-refractivity contribution < 1.29 is 14.3 Å². The molecule has 0 aliphatic heterocycles. The van der Waals surface area contributed by atoms with Gasteiger partial charge in [0, 0.05) is 11.1 Å². The molecule has 1 aromatic heterocycles. The molecule has 0 atom stereocenters. The molecule has 0 saturated carbocycles. The Labute approximate surface area is 150 Å². The first-order valence-electron chi connectivity index (χ1n) is 8.22. The summed E-state index contributed by atoms with van der Waals surface area (Å²) in [6.07, 6.45) is 0. The number of rotatable bonds is 5. The fourth-order valence-corrected chi connectivity index (χ4v) is 2.75. The van der Waals surface area contributed by atoms with E-state index < -0.39 is 11.7 Å². The van der Waals surface area contributed by atoms with Crippen LogP contribution in [0.3, 0.4) is 0 Å². The Morgan fingerprint density at radius 1 is 1.00 bits per heavy atom. The molecule has 0 spiro atoms. The molecule has 3 rings (SSSR count). The van der Waals surface area contributed by atoms with Gasteiger partial charge in [0.05, 0.1) is 18.0 Å². The van der Waals surface area contributed by atoms with Gasteiger partial charge in [0.25, 0.3) is 0 Å². The lowest BCUT2D eigenvalue weighted by Crippen LogP contribution is -2.16. The number of nitrogens with zero attached hydrogens (tertiary/aromatic N) is 1. The van der Waals surface area contributed by atoms with Crippen LogP contribution >= 0.6 is 0 Å². The zero-order chi connectivity index (χ0) is 18.7. The van der Waals surface area contributed by atoms with E-state index in [1.165, 1.54) is 4.57 Å². The maximum atomic E-state index is 12.5. The van der Waals surface area contributed by atoms with Gasteiger partial charge in [-0.2, -0.15) is 0 Å². The topological polar surface area (TPSA) is 81.2 Å². The van der Waals surface area contributed by atoms with E-state index in [0.29, 0.717) is 22.5 Å². The number of esters is 1. The number of carbonyl (C=O) groups is 2. The van der Waals surface area contributed by atoms with Gasteiger partial charge in [0.15, 0.2) is 5.78 Å². The van der Waals surface area contributed by atoms with Gasteiger partial charge >= 0.3 is 11.7 Å². The Morgan fingerprint density at radius 2 is 1.62 bits per heavy atom. The quantitative estimate of drug-likeness (QED) is 0.567. The van der Waals surface area contributed by atoms with Gasteiger partial charge < -0.3 is 4.74 Å². The number of ketones is 1. The zero-order valence-electron chi connectivity index (χ0n) is 14.5. The van der Waals surface area contributed by atoms with Crippen LogP contribution in [-0.4, -0.2) is 27.9 Å². The van der Waals surface area contributed by atoms with Gasteiger partial charge in [-0.1, -0.05) is 30.3 Å². The molecule has 0 saturated heterocycles. The van der Waals surface area contributed by atoms with E-state index in [0.717, 1.165) is 0 Å². The van der Waals surface area contributed by atoms with E-state index in [4.69, 9.17) is 4.74 Å². The van der Waals surface area contributed by atoms with E-state index >= 15 is 0 Å². The van der Waals surface area contributed by atoms with Crippen LogP contribution in [0.4, 0.5) is 0 Å². The maximum Gasteiger partial charge on any atom is 0.356 e. The average molecular weight is 350 g/mol. The van der Waals surface area contributed by atoms with Gasteiger partial charge in [-0.25, -0.2) is 9.59 Å². The number of hydrogen-bond donors (Lipinski definition) is 1. The van der Waals surface area contributed by atoms with Crippen LogP contribution < -0.4 is 5.69 Å². The molecule has 1 heterocycles. The Morgan fingerprint density at radius 3 is 2.23 bits per heavy atom. The summed E-state index contributed by atoms with van der Waals surface area (Å²) in [5.74, 6) is -0.667. The molecule has 0 bridgehead atoms. The molecule has 2 aromatic carbocycles. The molecule has 1 N–H and O–H groups in total. The average Bonchev–Trinajstić information content (AvgIpc) is 2.96. The van der Waals surface area contributed by atoms with Crippen molar-refractivity contribution in [1.82, 2.24) is 9.55 Å². The highest BCUT2D eigenvalue weighted by Crippen LogP contribution is 2.15. The summed E-state index contributed by atoms with van der Waals surface area (Å²) in [6, 6.07) is 15.6. The lowest BCUT2D eigenvalue weighted by atomic mass is 10.0. The minimum Gasteiger partial charge on any atom is -0.461 e. The Bertz CT molecular complexity index is 999. The van der Waals surface area contributed by atoms with Gasteiger partial charge in [0.1, 0.15) is 5.69 Å². The lowest BCUT2D eigenvalue weighted by molar-refractivity contribution is 0.0519. The first kappa shape index (κ1) is 17.4. The van der Waals surface area contributed by atoms with Crippen molar-refractivity contribution in [2.24, 2.45) is 0 Å². The Kier molecular flexibility index (Phi) is 4.84. The summed E-state index contributed by atoms with van der Waals surface area (Å²) in [4.78, 5) is 39.1. The monoisotopic (exact) mass is 350 g/mol. The molecule has 0 fully saturated rings. The molecular formula is C20H18N2O4. The van der Waals surface area contributed by atoms with Crippen LogP contribution in [-0.2, 0) is 4.74 Å². The van der Waals surface area contributed by atoms with Gasteiger partial charge in [-0.3, -0.25) is 14.3 Å². The standard InChI is InChI=1S/C20H18N2O4/c1-3-26-19(24)17-13(2)22(20(25)21-17)16-11-9-15(10-12-16)18(23)14-7-5-4-6-8-14/h4-12H,3H2,1-2H3,(H,21,25). The summed E-state index contributed by atoms with van der Waals surface area (Å²) >= 11 is 0. The number of ether oxygens (including phenoxy) is 1. The fraction of sp³-hybridized carbons (Fsp3) is 0.150. The number of imidazole rings is 1.